The number of rotatable bonds is 5. The van der Waals surface area contributed by atoms with Gasteiger partial charge in [-0.3, -0.25) is 0 Å². The Morgan fingerprint density at radius 3 is 2.13 bits per heavy atom. The number of nitrogens with zero attached hydrogens (tertiary/aromatic N) is 2. The van der Waals surface area contributed by atoms with Gasteiger partial charge < -0.3 is 0 Å². The average molecular weight is 473 g/mol. The van der Waals surface area contributed by atoms with E-state index in [-0.39, 0.29) is 15.0 Å². The van der Waals surface area contributed by atoms with Crippen LogP contribution in [-0.4, -0.2) is 31.8 Å². The molecule has 0 aliphatic heterocycles. The topological polar surface area (TPSA) is 27.1 Å². The first-order valence-electron chi connectivity index (χ1n) is 9.09. The predicted octanol–water partition coefficient (Wildman–Crippen LogP) is 4.22. The molecule has 0 atom stereocenters. The van der Waals surface area contributed by atoms with Crippen molar-refractivity contribution in [3.63, 3.8) is 0 Å². The van der Waals surface area contributed by atoms with E-state index in [1.165, 1.54) is 16.6 Å². The molecular formula is C23H17F3N2OSe. The van der Waals surface area contributed by atoms with Crippen molar-refractivity contribution in [3.8, 4) is 22.7 Å². The zero-order valence-electron chi connectivity index (χ0n) is 15.9. The van der Waals surface area contributed by atoms with Gasteiger partial charge in [0.15, 0.2) is 0 Å². The first-order valence-corrected chi connectivity index (χ1v) is 10.8. The van der Waals surface area contributed by atoms with Gasteiger partial charge in [-0.15, -0.1) is 0 Å². The number of hydrogen-bond donors (Lipinski definition) is 0. The number of halogens is 3. The second-order valence-electron chi connectivity index (χ2n) is 6.46. The summed E-state index contributed by atoms with van der Waals surface area (Å²) in [6, 6.07) is 22.7. The van der Waals surface area contributed by atoms with Crippen LogP contribution < -0.4 is 13.7 Å². The van der Waals surface area contributed by atoms with Crippen LogP contribution in [0.2, 0.25) is 0 Å². The molecule has 4 aromatic rings. The molecule has 3 aromatic carbocycles. The second kappa shape index (κ2) is 8.38. The third-order valence-electron chi connectivity index (χ3n) is 4.51. The van der Waals surface area contributed by atoms with Gasteiger partial charge in [0.05, 0.1) is 0 Å². The van der Waals surface area contributed by atoms with Crippen LogP contribution in [0.25, 0.3) is 16.9 Å². The fraction of sp³-hybridized carbons (Fsp3) is 0.0870. The van der Waals surface area contributed by atoms with E-state index in [1.807, 2.05) is 42.5 Å². The number of alkyl halides is 3. The number of hydrogen-bond acceptors (Lipinski definition) is 2. The molecule has 0 N–H and O–H groups in total. The van der Waals surface area contributed by atoms with Crippen molar-refractivity contribution in [3.05, 3.63) is 90.6 Å². The zero-order chi connectivity index (χ0) is 21.1. The third kappa shape index (κ3) is 4.27. The maximum absolute atomic E-state index is 13.0. The SMILES string of the molecule is COc1ccc(-c2c([Se]c3ccccc3)cnn2-c2ccc(C(F)(F)F)cc2)cc1. The minimum atomic E-state index is -4.37. The molecule has 1 aromatic heterocycles. The Kier molecular flexibility index (Phi) is 5.66. The molecule has 1 heterocycles. The van der Waals surface area contributed by atoms with Crippen LogP contribution in [0.4, 0.5) is 13.2 Å². The Labute approximate surface area is 178 Å². The molecule has 30 heavy (non-hydrogen) atoms. The molecule has 7 heteroatoms. The van der Waals surface area contributed by atoms with E-state index in [9.17, 15) is 13.2 Å². The predicted molar refractivity (Wildman–Crippen MR) is 112 cm³/mol. The van der Waals surface area contributed by atoms with Crippen LogP contribution >= 0.6 is 0 Å². The Hall–Kier alpha value is -3.02. The van der Waals surface area contributed by atoms with E-state index in [2.05, 4.69) is 17.2 Å². The molecule has 0 spiro atoms. The minimum absolute atomic E-state index is 0.0132. The molecule has 0 aliphatic rings. The molecule has 4 rings (SSSR count). The van der Waals surface area contributed by atoms with E-state index in [4.69, 9.17) is 4.74 Å². The zero-order valence-corrected chi connectivity index (χ0v) is 17.6. The van der Waals surface area contributed by atoms with Crippen LogP contribution in [0, 0.1) is 0 Å². The Bertz CT molecular complexity index is 1120. The number of methoxy groups -OCH3 is 1. The summed E-state index contributed by atoms with van der Waals surface area (Å²) in [5.41, 5.74) is 1.67. The van der Waals surface area contributed by atoms with Crippen LogP contribution in [0.15, 0.2) is 85.1 Å². The standard InChI is InChI=1S/C23H17F3N2OSe/c1-29-19-13-7-16(8-14-19)22-21(30-20-5-3-2-4-6-20)15-27-28(22)18-11-9-17(10-12-18)23(24,25)26/h2-15H,1H3. The number of benzene rings is 3. The molecule has 0 aliphatic carbocycles. The summed E-state index contributed by atoms with van der Waals surface area (Å²) in [7, 11) is 1.60. The first-order chi connectivity index (χ1) is 14.5. The molecule has 0 radical (unpaired) electrons. The van der Waals surface area contributed by atoms with Crippen molar-refractivity contribution < 1.29 is 17.9 Å². The Morgan fingerprint density at radius 2 is 1.53 bits per heavy atom. The van der Waals surface area contributed by atoms with Gasteiger partial charge in [-0.25, -0.2) is 0 Å². The van der Waals surface area contributed by atoms with E-state index in [1.54, 1.807) is 18.0 Å². The molecule has 0 amide bonds. The van der Waals surface area contributed by atoms with Crippen LogP contribution in [0.3, 0.4) is 0 Å². The fourth-order valence-electron chi connectivity index (χ4n) is 3.02. The van der Waals surface area contributed by atoms with E-state index in [0.717, 1.165) is 33.6 Å². The molecular weight excluding hydrogens is 456 g/mol. The molecule has 3 nitrogen and oxygen atoms in total. The van der Waals surface area contributed by atoms with E-state index >= 15 is 0 Å². The van der Waals surface area contributed by atoms with Crippen LogP contribution in [-0.2, 0) is 6.18 Å². The summed E-state index contributed by atoms with van der Waals surface area (Å²) in [6.45, 7) is 0. The van der Waals surface area contributed by atoms with Gasteiger partial charge in [-0.05, 0) is 0 Å². The summed E-state index contributed by atoms with van der Waals surface area (Å²) in [5, 5.41) is 4.51. The second-order valence-corrected chi connectivity index (χ2v) is 8.80. The van der Waals surface area contributed by atoms with Crippen molar-refractivity contribution in [2.45, 2.75) is 6.18 Å². The summed E-state index contributed by atoms with van der Waals surface area (Å²) in [6.07, 6.45) is -2.58. The quantitative estimate of drug-likeness (QED) is 0.406. The summed E-state index contributed by atoms with van der Waals surface area (Å²) < 4.78 is 48.0. The van der Waals surface area contributed by atoms with E-state index in [0.29, 0.717) is 5.69 Å². The van der Waals surface area contributed by atoms with Crippen molar-refractivity contribution in [1.82, 2.24) is 9.78 Å². The van der Waals surface area contributed by atoms with Crippen molar-refractivity contribution in [2.24, 2.45) is 0 Å². The number of aromatic nitrogens is 2. The molecule has 0 saturated heterocycles. The Balaban J connectivity index is 1.80. The Morgan fingerprint density at radius 1 is 0.867 bits per heavy atom. The van der Waals surface area contributed by atoms with Crippen LogP contribution in [0.5, 0.6) is 5.75 Å². The van der Waals surface area contributed by atoms with Crippen LogP contribution in [0.1, 0.15) is 5.56 Å². The van der Waals surface area contributed by atoms with E-state index < -0.39 is 11.7 Å². The maximum atomic E-state index is 13.0. The van der Waals surface area contributed by atoms with Gasteiger partial charge in [0, 0.05) is 0 Å². The van der Waals surface area contributed by atoms with Gasteiger partial charge in [0.2, 0.25) is 0 Å². The summed E-state index contributed by atoms with van der Waals surface area (Å²) in [5.74, 6) is 0.731. The first kappa shape index (κ1) is 20.3. The van der Waals surface area contributed by atoms with Gasteiger partial charge in [0.25, 0.3) is 0 Å². The summed E-state index contributed by atoms with van der Waals surface area (Å²) in [4.78, 5) is 0. The van der Waals surface area contributed by atoms with Gasteiger partial charge >= 0.3 is 178 Å². The van der Waals surface area contributed by atoms with Crippen molar-refractivity contribution in [2.75, 3.05) is 7.11 Å². The van der Waals surface area contributed by atoms with Gasteiger partial charge in [0.1, 0.15) is 0 Å². The molecule has 0 saturated carbocycles. The normalized spacial score (nSPS) is 11.5. The fourth-order valence-corrected chi connectivity index (χ4v) is 5.01. The number of ether oxygens (including phenoxy) is 1. The molecule has 0 fully saturated rings. The van der Waals surface area contributed by atoms with Gasteiger partial charge in [-0.1, -0.05) is 0 Å². The third-order valence-corrected chi connectivity index (χ3v) is 6.66. The van der Waals surface area contributed by atoms with Crippen molar-refractivity contribution >= 4 is 23.9 Å². The van der Waals surface area contributed by atoms with Crippen molar-refractivity contribution in [1.29, 1.82) is 0 Å². The monoisotopic (exact) mass is 474 g/mol. The van der Waals surface area contributed by atoms with Gasteiger partial charge in [-0.2, -0.15) is 0 Å². The average Bonchev–Trinajstić information content (AvgIpc) is 3.17. The summed E-state index contributed by atoms with van der Waals surface area (Å²) >= 11 is -0.0132. The molecule has 0 bridgehead atoms. The molecule has 152 valence electrons. The molecule has 0 unspecified atom stereocenters.